The van der Waals surface area contributed by atoms with Crippen LogP contribution in [-0.2, 0) is 6.42 Å². The summed E-state index contributed by atoms with van der Waals surface area (Å²) in [6.45, 7) is 2.05. The summed E-state index contributed by atoms with van der Waals surface area (Å²) < 4.78 is 0.770. The molecule has 0 saturated heterocycles. The van der Waals surface area contributed by atoms with Crippen molar-refractivity contribution in [2.24, 2.45) is 0 Å². The van der Waals surface area contributed by atoms with E-state index in [1.807, 2.05) is 13.1 Å². The van der Waals surface area contributed by atoms with Gasteiger partial charge in [0, 0.05) is 34.5 Å². The topological polar surface area (TPSA) is 46.3 Å². The monoisotopic (exact) mass is 352 g/mol. The Hall–Kier alpha value is -1.33. The fourth-order valence-corrected chi connectivity index (χ4v) is 3.20. The molecule has 3 nitrogen and oxygen atoms in total. The highest BCUT2D eigenvalue weighted by atomic mass is 79.9. The van der Waals surface area contributed by atoms with Crippen molar-refractivity contribution in [3.63, 3.8) is 0 Å². The Morgan fingerprint density at radius 2 is 2.20 bits per heavy atom. The maximum Gasteiger partial charge on any atom is 0.255 e. The van der Waals surface area contributed by atoms with Crippen LogP contribution in [0.5, 0.6) is 0 Å². The van der Waals surface area contributed by atoms with Gasteiger partial charge in [0.25, 0.3) is 5.91 Å². The third-order valence-electron chi connectivity index (χ3n) is 3.28. The van der Waals surface area contributed by atoms with Crippen molar-refractivity contribution in [1.82, 2.24) is 4.90 Å². The highest BCUT2D eigenvalue weighted by molar-refractivity contribution is 9.10. The van der Waals surface area contributed by atoms with E-state index in [0.29, 0.717) is 11.3 Å². The van der Waals surface area contributed by atoms with Crippen molar-refractivity contribution in [1.29, 1.82) is 0 Å². The molecule has 1 heterocycles. The zero-order valence-corrected chi connectivity index (χ0v) is 13.9. The lowest BCUT2D eigenvalue weighted by Gasteiger charge is -2.25. The van der Waals surface area contributed by atoms with Crippen molar-refractivity contribution >= 4 is 38.9 Å². The summed E-state index contributed by atoms with van der Waals surface area (Å²) in [6.07, 6.45) is 0.861. The molecule has 1 aromatic heterocycles. The lowest BCUT2D eigenvalue weighted by molar-refractivity contribution is 0.0743. The molecule has 106 valence electrons. The number of halogens is 1. The summed E-state index contributed by atoms with van der Waals surface area (Å²) >= 11 is 5.12. The van der Waals surface area contributed by atoms with Gasteiger partial charge in [0.15, 0.2) is 0 Å². The molecule has 1 amide bonds. The molecule has 0 aliphatic rings. The third-order valence-corrected chi connectivity index (χ3v) is 4.87. The standard InChI is InChI=1S/C15H17BrN2OS/c1-10(8-12-4-3-7-20-12)18(2)15(19)13-9-11(17)5-6-14(13)16/h3-7,9-10H,8,17H2,1-2H3. The normalized spacial score (nSPS) is 12.2. The molecule has 0 aliphatic carbocycles. The fraction of sp³-hybridized carbons (Fsp3) is 0.267. The minimum Gasteiger partial charge on any atom is -0.399 e. The van der Waals surface area contributed by atoms with Crippen LogP contribution < -0.4 is 5.73 Å². The smallest absolute Gasteiger partial charge is 0.255 e. The molecule has 20 heavy (non-hydrogen) atoms. The van der Waals surface area contributed by atoms with Crippen molar-refractivity contribution in [2.45, 2.75) is 19.4 Å². The number of carbonyl (C=O) groups excluding carboxylic acids is 1. The Kier molecular flexibility index (Phi) is 4.83. The maximum absolute atomic E-state index is 12.5. The molecule has 1 aromatic carbocycles. The van der Waals surface area contributed by atoms with Crippen molar-refractivity contribution in [2.75, 3.05) is 12.8 Å². The summed E-state index contributed by atoms with van der Waals surface area (Å²) in [4.78, 5) is 15.6. The van der Waals surface area contributed by atoms with Gasteiger partial charge < -0.3 is 10.6 Å². The fourth-order valence-electron chi connectivity index (χ4n) is 1.95. The lowest BCUT2D eigenvalue weighted by atomic mass is 10.1. The van der Waals surface area contributed by atoms with E-state index in [1.54, 1.807) is 34.4 Å². The van der Waals surface area contributed by atoms with Gasteiger partial charge in [0.1, 0.15) is 0 Å². The highest BCUT2D eigenvalue weighted by Crippen LogP contribution is 2.22. The summed E-state index contributed by atoms with van der Waals surface area (Å²) in [5.74, 6) is -0.0202. The van der Waals surface area contributed by atoms with E-state index in [4.69, 9.17) is 5.73 Å². The van der Waals surface area contributed by atoms with Crippen molar-refractivity contribution in [3.05, 3.63) is 50.6 Å². The highest BCUT2D eigenvalue weighted by Gasteiger charge is 2.20. The Balaban J connectivity index is 2.13. The molecular weight excluding hydrogens is 336 g/mol. The SMILES string of the molecule is CC(Cc1cccs1)N(C)C(=O)c1cc(N)ccc1Br. The lowest BCUT2D eigenvalue weighted by Crippen LogP contribution is -2.36. The van der Waals surface area contributed by atoms with Gasteiger partial charge in [0.2, 0.25) is 0 Å². The van der Waals surface area contributed by atoms with Crippen LogP contribution in [0.4, 0.5) is 5.69 Å². The number of likely N-dealkylation sites (N-methyl/N-ethyl adjacent to an activating group) is 1. The quantitative estimate of drug-likeness (QED) is 0.850. The average Bonchev–Trinajstić information content (AvgIpc) is 2.92. The molecule has 0 bridgehead atoms. The molecular formula is C15H17BrN2OS. The maximum atomic E-state index is 12.5. The van der Waals surface area contributed by atoms with Crippen molar-refractivity contribution in [3.8, 4) is 0 Å². The second-order valence-corrected chi connectivity index (χ2v) is 6.67. The predicted octanol–water partition coefficient (Wildman–Crippen LogP) is 3.80. The number of hydrogen-bond acceptors (Lipinski definition) is 3. The van der Waals surface area contributed by atoms with E-state index >= 15 is 0 Å². The molecule has 2 rings (SSSR count). The number of nitrogens with two attached hydrogens (primary N) is 1. The number of amides is 1. The Morgan fingerprint density at radius 1 is 1.45 bits per heavy atom. The number of nitrogen functional groups attached to an aromatic ring is 1. The van der Waals surface area contributed by atoms with Gasteiger partial charge in [-0.1, -0.05) is 6.07 Å². The Morgan fingerprint density at radius 3 is 2.85 bits per heavy atom. The first-order chi connectivity index (χ1) is 9.49. The minimum atomic E-state index is -0.0202. The molecule has 2 aromatic rings. The number of carbonyl (C=O) groups is 1. The van der Waals surface area contributed by atoms with E-state index in [1.165, 1.54) is 4.88 Å². The van der Waals surface area contributed by atoms with Gasteiger partial charge in [-0.3, -0.25) is 4.79 Å². The zero-order chi connectivity index (χ0) is 14.7. The number of hydrogen-bond donors (Lipinski definition) is 1. The van der Waals surface area contributed by atoms with Crippen LogP contribution >= 0.6 is 27.3 Å². The summed E-state index contributed by atoms with van der Waals surface area (Å²) in [5.41, 5.74) is 6.96. The molecule has 0 fully saturated rings. The van der Waals surface area contributed by atoms with Crippen LogP contribution in [0.25, 0.3) is 0 Å². The first-order valence-corrected chi connectivity index (χ1v) is 8.01. The van der Waals surface area contributed by atoms with Gasteiger partial charge in [0.05, 0.1) is 5.56 Å². The minimum absolute atomic E-state index is 0.0202. The predicted molar refractivity (Wildman–Crippen MR) is 88.1 cm³/mol. The molecule has 0 aliphatic heterocycles. The van der Waals surface area contributed by atoms with Crippen LogP contribution in [-0.4, -0.2) is 23.9 Å². The van der Waals surface area contributed by atoms with Crippen LogP contribution in [0.3, 0.4) is 0 Å². The number of benzene rings is 1. The Labute approximate surface area is 131 Å². The van der Waals surface area contributed by atoms with Gasteiger partial charge >= 0.3 is 0 Å². The number of anilines is 1. The van der Waals surface area contributed by atoms with Crippen molar-refractivity contribution < 1.29 is 4.79 Å². The van der Waals surface area contributed by atoms with Crippen LogP contribution in [0.1, 0.15) is 22.2 Å². The molecule has 2 N–H and O–H groups in total. The molecule has 0 radical (unpaired) electrons. The van der Waals surface area contributed by atoms with E-state index in [-0.39, 0.29) is 11.9 Å². The summed E-state index contributed by atoms with van der Waals surface area (Å²) in [5, 5.41) is 2.05. The first kappa shape index (κ1) is 15.1. The second kappa shape index (κ2) is 6.41. The van der Waals surface area contributed by atoms with Crippen LogP contribution in [0.2, 0.25) is 0 Å². The van der Waals surface area contributed by atoms with Gasteiger partial charge in [-0.05, 0) is 52.5 Å². The molecule has 1 atom stereocenters. The number of rotatable bonds is 4. The summed E-state index contributed by atoms with van der Waals surface area (Å²) in [7, 11) is 1.83. The molecule has 0 spiro atoms. The van der Waals surface area contributed by atoms with E-state index in [9.17, 15) is 4.79 Å². The summed E-state index contributed by atoms with van der Waals surface area (Å²) in [6, 6.07) is 9.55. The second-order valence-electron chi connectivity index (χ2n) is 4.79. The van der Waals surface area contributed by atoms with Gasteiger partial charge in [-0.25, -0.2) is 0 Å². The molecule has 5 heteroatoms. The van der Waals surface area contributed by atoms with Gasteiger partial charge in [-0.2, -0.15) is 0 Å². The molecule has 0 saturated carbocycles. The number of nitrogens with zero attached hydrogens (tertiary/aromatic N) is 1. The number of thiophene rings is 1. The van der Waals surface area contributed by atoms with Gasteiger partial charge in [-0.15, -0.1) is 11.3 Å². The Bertz CT molecular complexity index is 598. The largest absolute Gasteiger partial charge is 0.399 e. The third kappa shape index (κ3) is 3.41. The molecule has 1 unspecified atom stereocenters. The van der Waals surface area contributed by atoms with Crippen LogP contribution in [0.15, 0.2) is 40.2 Å². The van der Waals surface area contributed by atoms with E-state index < -0.39 is 0 Å². The van der Waals surface area contributed by atoms with E-state index in [0.717, 1.165) is 10.9 Å². The average molecular weight is 353 g/mol. The first-order valence-electron chi connectivity index (χ1n) is 6.33. The van der Waals surface area contributed by atoms with Crippen LogP contribution in [0, 0.1) is 0 Å². The zero-order valence-electron chi connectivity index (χ0n) is 11.5. The van der Waals surface area contributed by atoms with E-state index in [2.05, 4.69) is 34.3 Å².